The minimum Gasteiger partial charge on any atom is -0.496 e. The van der Waals surface area contributed by atoms with Crippen molar-refractivity contribution < 1.29 is 19.4 Å². The van der Waals surface area contributed by atoms with Gasteiger partial charge in [0.15, 0.2) is 0 Å². The van der Waals surface area contributed by atoms with Crippen molar-refractivity contribution in [1.82, 2.24) is 4.90 Å². The maximum atomic E-state index is 11.2. The number of methoxy groups -OCH3 is 1. The van der Waals surface area contributed by atoms with Crippen LogP contribution in [0, 0.1) is 0 Å². The van der Waals surface area contributed by atoms with E-state index in [9.17, 15) is 9.90 Å². The number of rotatable bonds is 5. The van der Waals surface area contributed by atoms with Crippen molar-refractivity contribution in [2.75, 3.05) is 26.9 Å². The predicted octanol–water partition coefficient (Wildman–Crippen LogP) is 2.00. The lowest BCUT2D eigenvalue weighted by Crippen LogP contribution is -2.44. The summed E-state index contributed by atoms with van der Waals surface area (Å²) in [6, 6.07) is 5.75. The summed E-state index contributed by atoms with van der Waals surface area (Å²) in [4.78, 5) is 13.6. The summed E-state index contributed by atoms with van der Waals surface area (Å²) >= 11 is 0. The van der Waals surface area contributed by atoms with Gasteiger partial charge in [0.25, 0.3) is 0 Å². The summed E-state index contributed by atoms with van der Waals surface area (Å²) in [6.45, 7) is 5.25. The van der Waals surface area contributed by atoms with Crippen molar-refractivity contribution in [2.45, 2.75) is 25.9 Å². The topological polar surface area (TPSA) is 59.0 Å². The number of hydrogen-bond donors (Lipinski definition) is 1. The smallest absolute Gasteiger partial charge is 0.339 e. The van der Waals surface area contributed by atoms with Crippen LogP contribution in [0.1, 0.15) is 29.3 Å². The predicted molar refractivity (Wildman–Crippen MR) is 75.3 cm³/mol. The molecule has 0 spiro atoms. The van der Waals surface area contributed by atoms with E-state index in [0.29, 0.717) is 11.8 Å². The molecule has 1 aromatic rings. The largest absolute Gasteiger partial charge is 0.496 e. The minimum atomic E-state index is -0.960. The Morgan fingerprint density at radius 2 is 2.35 bits per heavy atom. The van der Waals surface area contributed by atoms with Crippen LogP contribution < -0.4 is 4.74 Å². The second-order valence-electron chi connectivity index (χ2n) is 4.95. The fourth-order valence-corrected chi connectivity index (χ4v) is 2.53. The van der Waals surface area contributed by atoms with E-state index in [1.807, 2.05) is 6.07 Å². The molecule has 0 aromatic heterocycles. The minimum absolute atomic E-state index is 0.214. The highest BCUT2D eigenvalue weighted by Gasteiger charge is 2.22. The van der Waals surface area contributed by atoms with Gasteiger partial charge in [-0.2, -0.15) is 0 Å². The van der Waals surface area contributed by atoms with E-state index in [1.165, 1.54) is 7.11 Å². The van der Waals surface area contributed by atoms with Gasteiger partial charge in [0.05, 0.1) is 20.3 Å². The Labute approximate surface area is 119 Å². The van der Waals surface area contributed by atoms with Crippen molar-refractivity contribution in [3.63, 3.8) is 0 Å². The number of ether oxygens (including phenoxy) is 2. The molecule has 1 aliphatic rings. The highest BCUT2D eigenvalue weighted by Crippen LogP contribution is 2.22. The number of aromatic carboxylic acids is 1. The fraction of sp³-hybridized carbons (Fsp3) is 0.533. The van der Waals surface area contributed by atoms with Crippen LogP contribution in [0.15, 0.2) is 18.2 Å². The van der Waals surface area contributed by atoms with Gasteiger partial charge in [-0.05, 0) is 24.1 Å². The van der Waals surface area contributed by atoms with Gasteiger partial charge in [0.2, 0.25) is 0 Å². The first kappa shape index (κ1) is 14.8. The molecular weight excluding hydrogens is 258 g/mol. The Morgan fingerprint density at radius 3 is 3.00 bits per heavy atom. The van der Waals surface area contributed by atoms with Crippen LogP contribution >= 0.6 is 0 Å². The zero-order valence-corrected chi connectivity index (χ0v) is 12.0. The summed E-state index contributed by atoms with van der Waals surface area (Å²) in [5.41, 5.74) is 1.20. The molecule has 1 aromatic carbocycles. The molecule has 2 rings (SSSR count). The molecule has 1 N–H and O–H groups in total. The highest BCUT2D eigenvalue weighted by molar-refractivity contribution is 5.91. The molecule has 1 aliphatic heterocycles. The van der Waals surface area contributed by atoms with Gasteiger partial charge in [-0.15, -0.1) is 0 Å². The Hall–Kier alpha value is -1.59. The van der Waals surface area contributed by atoms with Gasteiger partial charge in [-0.3, -0.25) is 4.90 Å². The zero-order chi connectivity index (χ0) is 14.5. The normalized spacial score (nSPS) is 19.8. The van der Waals surface area contributed by atoms with Gasteiger partial charge in [-0.25, -0.2) is 4.79 Å². The summed E-state index contributed by atoms with van der Waals surface area (Å²) in [5.74, 6) is -0.562. The van der Waals surface area contributed by atoms with Gasteiger partial charge in [-0.1, -0.05) is 13.0 Å². The third-order valence-electron chi connectivity index (χ3n) is 3.70. The van der Waals surface area contributed by atoms with Crippen LogP contribution in [0.3, 0.4) is 0 Å². The zero-order valence-electron chi connectivity index (χ0n) is 12.0. The van der Waals surface area contributed by atoms with E-state index in [2.05, 4.69) is 11.8 Å². The summed E-state index contributed by atoms with van der Waals surface area (Å²) in [7, 11) is 1.48. The van der Waals surface area contributed by atoms with Gasteiger partial charge < -0.3 is 14.6 Å². The van der Waals surface area contributed by atoms with Crippen LogP contribution in [0.2, 0.25) is 0 Å². The maximum Gasteiger partial charge on any atom is 0.339 e. The molecule has 1 unspecified atom stereocenters. The lowest BCUT2D eigenvalue weighted by atomic mass is 10.1. The molecule has 5 nitrogen and oxygen atoms in total. The van der Waals surface area contributed by atoms with Crippen molar-refractivity contribution >= 4 is 5.97 Å². The summed E-state index contributed by atoms with van der Waals surface area (Å²) < 4.78 is 10.6. The molecule has 0 amide bonds. The first-order valence-electron chi connectivity index (χ1n) is 6.87. The van der Waals surface area contributed by atoms with Gasteiger partial charge in [0, 0.05) is 19.1 Å². The first-order valence-corrected chi connectivity index (χ1v) is 6.87. The molecule has 20 heavy (non-hydrogen) atoms. The Kier molecular flexibility index (Phi) is 4.98. The second kappa shape index (κ2) is 6.72. The van der Waals surface area contributed by atoms with Crippen molar-refractivity contribution in [3.05, 3.63) is 29.3 Å². The van der Waals surface area contributed by atoms with E-state index in [0.717, 1.165) is 38.3 Å². The van der Waals surface area contributed by atoms with E-state index < -0.39 is 5.97 Å². The maximum absolute atomic E-state index is 11.2. The monoisotopic (exact) mass is 279 g/mol. The molecule has 0 radical (unpaired) electrons. The summed E-state index contributed by atoms with van der Waals surface area (Å²) in [5, 5.41) is 9.21. The van der Waals surface area contributed by atoms with Crippen LogP contribution in [0.25, 0.3) is 0 Å². The van der Waals surface area contributed by atoms with Gasteiger partial charge >= 0.3 is 5.97 Å². The third-order valence-corrected chi connectivity index (χ3v) is 3.70. The number of benzene rings is 1. The van der Waals surface area contributed by atoms with Crippen molar-refractivity contribution in [1.29, 1.82) is 0 Å². The van der Waals surface area contributed by atoms with Crippen LogP contribution in [0.4, 0.5) is 0 Å². The second-order valence-corrected chi connectivity index (χ2v) is 4.95. The van der Waals surface area contributed by atoms with E-state index >= 15 is 0 Å². The standard InChI is InChI=1S/C15H21NO4/c1-3-12-10-20-7-6-16(12)9-11-4-5-14(19-2)13(8-11)15(17)18/h4-5,8,12H,3,6-7,9-10H2,1-2H3,(H,17,18). The molecule has 0 bridgehead atoms. The molecule has 1 saturated heterocycles. The SMILES string of the molecule is CCC1COCCN1Cc1ccc(OC)c(C(=O)O)c1. The Bertz CT molecular complexity index is 475. The van der Waals surface area contributed by atoms with Crippen LogP contribution in [0.5, 0.6) is 5.75 Å². The molecule has 5 heteroatoms. The first-order chi connectivity index (χ1) is 9.65. The number of carbonyl (C=O) groups is 1. The van der Waals surface area contributed by atoms with Crippen molar-refractivity contribution in [2.24, 2.45) is 0 Å². The Morgan fingerprint density at radius 1 is 1.55 bits per heavy atom. The summed E-state index contributed by atoms with van der Waals surface area (Å²) in [6.07, 6.45) is 1.03. The highest BCUT2D eigenvalue weighted by atomic mass is 16.5. The van der Waals surface area contributed by atoms with Crippen LogP contribution in [-0.2, 0) is 11.3 Å². The molecule has 1 fully saturated rings. The van der Waals surface area contributed by atoms with E-state index in [4.69, 9.17) is 9.47 Å². The fourth-order valence-electron chi connectivity index (χ4n) is 2.53. The van der Waals surface area contributed by atoms with E-state index in [1.54, 1.807) is 12.1 Å². The Balaban J connectivity index is 2.16. The molecule has 1 atom stereocenters. The molecular formula is C15H21NO4. The molecule has 1 heterocycles. The molecule has 110 valence electrons. The average molecular weight is 279 g/mol. The lowest BCUT2D eigenvalue weighted by molar-refractivity contribution is -0.0127. The molecule has 0 saturated carbocycles. The lowest BCUT2D eigenvalue weighted by Gasteiger charge is -2.35. The third kappa shape index (κ3) is 3.29. The molecule has 0 aliphatic carbocycles. The number of carboxylic acid groups (broad SMARTS) is 1. The number of morpholine rings is 1. The number of carboxylic acids is 1. The average Bonchev–Trinajstić information content (AvgIpc) is 2.47. The van der Waals surface area contributed by atoms with Gasteiger partial charge in [0.1, 0.15) is 11.3 Å². The number of hydrogen-bond acceptors (Lipinski definition) is 4. The van der Waals surface area contributed by atoms with Crippen molar-refractivity contribution in [3.8, 4) is 5.75 Å². The van der Waals surface area contributed by atoms with E-state index in [-0.39, 0.29) is 5.56 Å². The van der Waals surface area contributed by atoms with Crippen LogP contribution in [-0.4, -0.2) is 48.9 Å². The number of nitrogens with zero attached hydrogens (tertiary/aromatic N) is 1. The quantitative estimate of drug-likeness (QED) is 0.893.